The zero-order valence-electron chi connectivity index (χ0n) is 10.1. The van der Waals surface area contributed by atoms with E-state index >= 15 is 0 Å². The minimum Gasteiger partial charge on any atom is -0.346 e. The van der Waals surface area contributed by atoms with Crippen LogP contribution in [-0.2, 0) is 13.1 Å². The third-order valence-corrected chi connectivity index (χ3v) is 2.71. The number of aromatic nitrogens is 4. The second-order valence-electron chi connectivity index (χ2n) is 4.11. The first-order chi connectivity index (χ1) is 8.45. The maximum atomic E-state index is 4.18. The van der Waals surface area contributed by atoms with Gasteiger partial charge in [-0.1, -0.05) is 0 Å². The standard InChI is InChI=1S/C12H19N5/c1(9-16-11-3-7-14-16)5-13-6-2-10-17-12-4-8-15-17/h3-4,7-8,11-13H,1-2,5-6,9-10H2/p+1. The number of rotatable bonds is 8. The summed E-state index contributed by atoms with van der Waals surface area (Å²) in [6.45, 7) is 4.36. The molecule has 92 valence electrons. The summed E-state index contributed by atoms with van der Waals surface area (Å²) in [6, 6.07) is 3.93. The van der Waals surface area contributed by atoms with Gasteiger partial charge in [0.1, 0.15) is 0 Å². The van der Waals surface area contributed by atoms with Crippen molar-refractivity contribution in [3.63, 3.8) is 0 Å². The largest absolute Gasteiger partial charge is 0.346 e. The fourth-order valence-electron chi connectivity index (χ4n) is 1.81. The molecule has 0 aromatic carbocycles. The van der Waals surface area contributed by atoms with E-state index in [1.165, 1.54) is 25.9 Å². The van der Waals surface area contributed by atoms with E-state index in [4.69, 9.17) is 0 Å². The Balaban J connectivity index is 1.44. The highest BCUT2D eigenvalue weighted by Gasteiger charge is 1.95. The molecule has 0 bridgehead atoms. The quantitative estimate of drug-likeness (QED) is 0.660. The first-order valence-corrected chi connectivity index (χ1v) is 6.22. The highest BCUT2D eigenvalue weighted by atomic mass is 15.3. The van der Waals surface area contributed by atoms with Crippen LogP contribution in [0.5, 0.6) is 0 Å². The minimum atomic E-state index is 1.02. The molecule has 0 fully saturated rings. The van der Waals surface area contributed by atoms with E-state index in [0.717, 1.165) is 13.1 Å². The zero-order valence-corrected chi connectivity index (χ0v) is 10.1. The molecule has 5 heteroatoms. The summed E-state index contributed by atoms with van der Waals surface area (Å²) in [5.41, 5.74) is 0. The van der Waals surface area contributed by atoms with Gasteiger partial charge in [-0.25, -0.2) is 0 Å². The fraction of sp³-hybridized carbons (Fsp3) is 0.500. The molecular formula is C12H20N5+. The van der Waals surface area contributed by atoms with Gasteiger partial charge in [0.25, 0.3) is 0 Å². The molecule has 0 amide bonds. The Morgan fingerprint density at radius 3 is 1.76 bits per heavy atom. The van der Waals surface area contributed by atoms with Gasteiger partial charge in [-0.15, -0.1) is 0 Å². The molecule has 0 atom stereocenters. The highest BCUT2D eigenvalue weighted by molar-refractivity contribution is 4.77. The Labute approximate surface area is 101 Å². The molecule has 0 aliphatic rings. The van der Waals surface area contributed by atoms with Gasteiger partial charge in [0.15, 0.2) is 0 Å². The Morgan fingerprint density at radius 1 is 0.824 bits per heavy atom. The molecule has 0 aliphatic carbocycles. The van der Waals surface area contributed by atoms with Crippen LogP contribution >= 0.6 is 0 Å². The summed E-state index contributed by atoms with van der Waals surface area (Å²) < 4.78 is 3.97. The van der Waals surface area contributed by atoms with E-state index in [2.05, 4.69) is 15.5 Å². The topological polar surface area (TPSA) is 52.2 Å². The second-order valence-corrected chi connectivity index (χ2v) is 4.11. The average Bonchev–Trinajstić information content (AvgIpc) is 3.00. The molecule has 2 aromatic heterocycles. The van der Waals surface area contributed by atoms with Crippen molar-refractivity contribution in [3.05, 3.63) is 36.9 Å². The van der Waals surface area contributed by atoms with Crippen LogP contribution in [-0.4, -0.2) is 32.7 Å². The van der Waals surface area contributed by atoms with Gasteiger partial charge in [-0.2, -0.15) is 10.2 Å². The molecule has 0 unspecified atom stereocenters. The summed E-state index contributed by atoms with van der Waals surface area (Å²) in [7, 11) is 0. The van der Waals surface area contributed by atoms with Crippen LogP contribution in [0.2, 0.25) is 0 Å². The molecule has 0 aliphatic heterocycles. The number of hydrogen-bond acceptors (Lipinski definition) is 2. The minimum absolute atomic E-state index is 1.02. The van der Waals surface area contributed by atoms with Gasteiger partial charge >= 0.3 is 0 Å². The normalized spacial score (nSPS) is 10.8. The van der Waals surface area contributed by atoms with Crippen LogP contribution in [0.4, 0.5) is 0 Å². The molecule has 2 N–H and O–H groups in total. The lowest BCUT2D eigenvalue weighted by Crippen LogP contribution is -2.84. The lowest BCUT2D eigenvalue weighted by atomic mass is 10.4. The molecular weight excluding hydrogens is 214 g/mol. The Kier molecular flexibility index (Phi) is 4.78. The van der Waals surface area contributed by atoms with Crippen molar-refractivity contribution in [1.82, 2.24) is 19.6 Å². The lowest BCUT2D eigenvalue weighted by molar-refractivity contribution is -0.655. The van der Waals surface area contributed by atoms with E-state index < -0.39 is 0 Å². The number of hydrogen-bond donors (Lipinski definition) is 1. The molecule has 17 heavy (non-hydrogen) atoms. The summed E-state index contributed by atoms with van der Waals surface area (Å²) >= 11 is 0. The van der Waals surface area contributed by atoms with Gasteiger partial charge in [0.2, 0.25) is 0 Å². The van der Waals surface area contributed by atoms with E-state index in [-0.39, 0.29) is 0 Å². The lowest BCUT2D eigenvalue weighted by Gasteiger charge is -2.03. The van der Waals surface area contributed by atoms with Crippen molar-refractivity contribution in [2.24, 2.45) is 0 Å². The summed E-state index contributed by atoms with van der Waals surface area (Å²) in [6.07, 6.45) is 10.0. The first-order valence-electron chi connectivity index (χ1n) is 6.22. The fourth-order valence-corrected chi connectivity index (χ4v) is 1.81. The SMILES string of the molecule is c1cnn(CCC[NH2+]CCCn2cccn2)c1. The summed E-state index contributed by atoms with van der Waals surface area (Å²) in [5.74, 6) is 0. The van der Waals surface area contributed by atoms with Crippen LogP contribution in [0.15, 0.2) is 36.9 Å². The van der Waals surface area contributed by atoms with E-state index in [0.29, 0.717) is 0 Å². The Morgan fingerprint density at radius 2 is 1.35 bits per heavy atom. The van der Waals surface area contributed by atoms with Crippen LogP contribution in [0.25, 0.3) is 0 Å². The van der Waals surface area contributed by atoms with Crippen molar-refractivity contribution in [1.29, 1.82) is 0 Å². The monoisotopic (exact) mass is 234 g/mol. The van der Waals surface area contributed by atoms with Crippen LogP contribution in [0.1, 0.15) is 12.8 Å². The Hall–Kier alpha value is -1.62. The molecule has 0 saturated heterocycles. The molecule has 5 nitrogen and oxygen atoms in total. The van der Waals surface area contributed by atoms with Crippen molar-refractivity contribution in [2.45, 2.75) is 25.9 Å². The smallest absolute Gasteiger partial charge is 0.0773 e. The van der Waals surface area contributed by atoms with Crippen molar-refractivity contribution >= 4 is 0 Å². The number of nitrogens with zero attached hydrogens (tertiary/aromatic N) is 4. The van der Waals surface area contributed by atoms with Crippen molar-refractivity contribution in [2.75, 3.05) is 13.1 Å². The number of aryl methyl sites for hydroxylation is 2. The molecule has 2 rings (SSSR count). The summed E-state index contributed by atoms with van der Waals surface area (Å²) in [5, 5.41) is 10.7. The van der Waals surface area contributed by atoms with Crippen LogP contribution in [0, 0.1) is 0 Å². The predicted molar refractivity (Wildman–Crippen MR) is 65.3 cm³/mol. The van der Waals surface area contributed by atoms with Gasteiger partial charge in [0.05, 0.1) is 13.1 Å². The van der Waals surface area contributed by atoms with Crippen LogP contribution in [0.3, 0.4) is 0 Å². The van der Waals surface area contributed by atoms with Gasteiger partial charge in [-0.3, -0.25) is 9.36 Å². The van der Waals surface area contributed by atoms with Crippen LogP contribution < -0.4 is 5.32 Å². The average molecular weight is 234 g/mol. The van der Waals surface area contributed by atoms with E-state index in [1.807, 2.05) is 46.3 Å². The number of quaternary nitrogens is 1. The third-order valence-electron chi connectivity index (χ3n) is 2.71. The maximum absolute atomic E-state index is 4.18. The molecule has 0 radical (unpaired) electrons. The van der Waals surface area contributed by atoms with Crippen molar-refractivity contribution < 1.29 is 5.32 Å². The molecule has 0 saturated carbocycles. The third kappa shape index (κ3) is 4.40. The zero-order chi connectivity index (χ0) is 11.8. The van der Waals surface area contributed by atoms with Gasteiger partial charge < -0.3 is 5.32 Å². The second kappa shape index (κ2) is 6.85. The molecule has 2 heterocycles. The highest BCUT2D eigenvalue weighted by Crippen LogP contribution is 1.87. The molecule has 0 spiro atoms. The van der Waals surface area contributed by atoms with E-state index in [1.54, 1.807) is 0 Å². The first kappa shape index (κ1) is 11.9. The Bertz CT molecular complexity index is 341. The van der Waals surface area contributed by atoms with Gasteiger partial charge in [-0.05, 0) is 12.1 Å². The molecule has 2 aromatic rings. The summed E-state index contributed by atoms with van der Waals surface area (Å²) in [4.78, 5) is 0. The maximum Gasteiger partial charge on any atom is 0.0773 e. The van der Waals surface area contributed by atoms with Crippen molar-refractivity contribution in [3.8, 4) is 0 Å². The van der Waals surface area contributed by atoms with E-state index in [9.17, 15) is 0 Å². The number of nitrogens with two attached hydrogens (primary N) is 1. The van der Waals surface area contributed by atoms with Gasteiger partial charge in [0, 0.05) is 50.7 Å². The predicted octanol–water partition coefficient (Wildman–Crippen LogP) is 0.123.